The molecular weight excluding hydrogens is 497 g/mol. The van der Waals surface area contributed by atoms with E-state index in [0.29, 0.717) is 48.6 Å². The maximum Gasteiger partial charge on any atom is 0.303 e. The van der Waals surface area contributed by atoms with E-state index in [9.17, 15) is 18.4 Å². The summed E-state index contributed by atoms with van der Waals surface area (Å²) in [5.74, 6) is -4.05. The molecule has 2 aliphatic heterocycles. The number of likely N-dealkylation sites (tertiary alicyclic amines) is 1. The molecule has 2 atom stereocenters. The molecule has 0 aromatic heterocycles. The number of benzene rings is 1. The highest BCUT2D eigenvalue weighted by molar-refractivity contribution is 6.38. The van der Waals surface area contributed by atoms with E-state index < -0.39 is 11.9 Å². The summed E-state index contributed by atoms with van der Waals surface area (Å²) in [6.07, 6.45) is 8.29. The molecule has 1 aromatic rings. The van der Waals surface area contributed by atoms with Crippen molar-refractivity contribution in [2.24, 2.45) is 11.8 Å². The van der Waals surface area contributed by atoms with Gasteiger partial charge in [0.2, 0.25) is 0 Å². The molecule has 0 bridgehead atoms. The van der Waals surface area contributed by atoms with Gasteiger partial charge in [-0.05, 0) is 49.6 Å². The Hall–Kier alpha value is -2.38. The van der Waals surface area contributed by atoms with E-state index >= 15 is 0 Å². The van der Waals surface area contributed by atoms with Crippen molar-refractivity contribution in [1.29, 1.82) is 0 Å². The van der Waals surface area contributed by atoms with Gasteiger partial charge in [-0.25, -0.2) is 8.78 Å². The molecule has 188 valence electrons. The monoisotopic (exact) mass is 524 g/mol. The first-order valence-electron chi connectivity index (χ1n) is 11.7. The number of carboxylic acids is 1. The van der Waals surface area contributed by atoms with Crippen molar-refractivity contribution >= 4 is 35.1 Å². The van der Waals surface area contributed by atoms with Crippen LogP contribution in [-0.2, 0) is 11.3 Å². The van der Waals surface area contributed by atoms with Crippen molar-refractivity contribution in [3.05, 3.63) is 68.9 Å². The summed E-state index contributed by atoms with van der Waals surface area (Å²) < 4.78 is 27.8. The van der Waals surface area contributed by atoms with Crippen molar-refractivity contribution in [2.75, 3.05) is 13.1 Å². The number of allylic oxidation sites excluding steroid dienone is 2. The molecule has 0 radical (unpaired) electrons. The van der Waals surface area contributed by atoms with Gasteiger partial charge in [-0.1, -0.05) is 41.4 Å². The summed E-state index contributed by atoms with van der Waals surface area (Å²) in [6, 6.07) is 3.15. The van der Waals surface area contributed by atoms with Gasteiger partial charge >= 0.3 is 5.97 Å². The van der Waals surface area contributed by atoms with Crippen LogP contribution in [0.15, 0.2) is 47.7 Å². The van der Waals surface area contributed by atoms with Crippen LogP contribution in [0.5, 0.6) is 0 Å². The highest BCUT2D eigenvalue weighted by atomic mass is 35.5. The number of aliphatic carboxylic acids is 1. The maximum absolute atomic E-state index is 13.9. The molecule has 2 unspecified atom stereocenters. The van der Waals surface area contributed by atoms with E-state index in [1.165, 1.54) is 6.08 Å². The largest absolute Gasteiger partial charge is 0.481 e. The number of alkyl halides is 2. The minimum absolute atomic E-state index is 0.0125. The third-order valence-corrected chi connectivity index (χ3v) is 7.86. The molecular formula is C26H28Cl2F2N2O3. The predicted molar refractivity (Wildman–Crippen MR) is 132 cm³/mol. The molecule has 1 fully saturated rings. The maximum atomic E-state index is 13.9. The zero-order valence-electron chi connectivity index (χ0n) is 19.6. The molecule has 3 aliphatic rings. The Morgan fingerprint density at radius 1 is 1.20 bits per heavy atom. The third kappa shape index (κ3) is 5.41. The number of carbonyl (C=O) groups excluding carboxylic acids is 1. The Balaban J connectivity index is 1.50. The van der Waals surface area contributed by atoms with E-state index in [1.54, 1.807) is 23.1 Å². The van der Waals surface area contributed by atoms with Gasteiger partial charge in [0.1, 0.15) is 0 Å². The summed E-state index contributed by atoms with van der Waals surface area (Å²) >= 11 is 13.2. The highest BCUT2D eigenvalue weighted by Gasteiger charge is 2.37. The van der Waals surface area contributed by atoms with Crippen LogP contribution < -0.4 is 0 Å². The zero-order valence-corrected chi connectivity index (χ0v) is 21.1. The standard InChI is InChI=1S/C26H28Cl2F2N2O3/c1-15-11-18(26(2,29)30)13-17-7-10-32(24(15)17)14-20-21(27)4-3-19(23(20)28)25(35)31-8-5-16(6-9-31)12-22(33)34/h3-4,7,10-11,13,16-17,24H,5-6,8-9,12,14H2,1-2H3,(H,33,34). The fraction of sp³-hybridized carbons (Fsp3) is 0.462. The first-order chi connectivity index (χ1) is 16.5. The minimum atomic E-state index is -2.91. The molecule has 0 spiro atoms. The highest BCUT2D eigenvalue weighted by Crippen LogP contribution is 2.40. The fourth-order valence-corrected chi connectivity index (χ4v) is 5.77. The first-order valence-corrected chi connectivity index (χ1v) is 12.4. The molecule has 1 saturated heterocycles. The van der Waals surface area contributed by atoms with Crippen LogP contribution in [0.25, 0.3) is 0 Å². The van der Waals surface area contributed by atoms with Crippen LogP contribution in [0.2, 0.25) is 10.0 Å². The number of amides is 1. The lowest BCUT2D eigenvalue weighted by Gasteiger charge is -2.34. The molecule has 0 saturated carbocycles. The number of carboxylic acid groups (broad SMARTS) is 1. The number of nitrogens with zero attached hydrogens (tertiary/aromatic N) is 2. The van der Waals surface area contributed by atoms with Gasteiger partial charge in [0, 0.05) is 55.1 Å². The Morgan fingerprint density at radius 2 is 1.89 bits per heavy atom. The SMILES string of the molecule is CC1=CC(C(C)(F)F)=CC2C=CN(Cc3c(Cl)ccc(C(=O)N4CCC(CC(=O)O)CC4)c3Cl)C12. The van der Waals surface area contributed by atoms with Gasteiger partial charge in [-0.2, -0.15) is 0 Å². The first kappa shape index (κ1) is 25.7. The molecule has 1 aliphatic carbocycles. The van der Waals surface area contributed by atoms with Crippen LogP contribution in [0.1, 0.15) is 49.0 Å². The quantitative estimate of drug-likeness (QED) is 0.482. The van der Waals surface area contributed by atoms with Crippen LogP contribution in [0.3, 0.4) is 0 Å². The van der Waals surface area contributed by atoms with Crippen LogP contribution in [0.4, 0.5) is 8.78 Å². The van der Waals surface area contributed by atoms with Gasteiger partial charge in [-0.15, -0.1) is 0 Å². The Kier molecular flexibility index (Phi) is 7.30. The summed E-state index contributed by atoms with van der Waals surface area (Å²) in [7, 11) is 0. The fourth-order valence-electron chi connectivity index (χ4n) is 5.20. The van der Waals surface area contributed by atoms with Crippen molar-refractivity contribution in [3.8, 4) is 0 Å². The van der Waals surface area contributed by atoms with Gasteiger partial charge < -0.3 is 14.9 Å². The number of rotatable bonds is 6. The van der Waals surface area contributed by atoms with Crippen molar-refractivity contribution in [1.82, 2.24) is 9.80 Å². The number of carbonyl (C=O) groups is 2. The average Bonchev–Trinajstić information content (AvgIpc) is 3.19. The molecule has 1 amide bonds. The van der Waals surface area contributed by atoms with Gasteiger partial charge in [-0.3, -0.25) is 9.59 Å². The zero-order chi connectivity index (χ0) is 25.5. The van der Waals surface area contributed by atoms with Crippen molar-refractivity contribution in [3.63, 3.8) is 0 Å². The summed E-state index contributed by atoms with van der Waals surface area (Å²) in [5, 5.41) is 9.71. The average molecular weight is 525 g/mol. The van der Waals surface area contributed by atoms with Gasteiger partial charge in [0.25, 0.3) is 11.8 Å². The molecule has 4 rings (SSSR count). The Morgan fingerprint density at radius 3 is 2.51 bits per heavy atom. The summed E-state index contributed by atoms with van der Waals surface area (Å²) in [5.41, 5.74) is 1.79. The lowest BCUT2D eigenvalue weighted by atomic mass is 9.85. The van der Waals surface area contributed by atoms with E-state index in [-0.39, 0.29) is 40.8 Å². The molecule has 1 aromatic carbocycles. The molecule has 5 nitrogen and oxygen atoms in total. The molecule has 1 N–H and O–H groups in total. The predicted octanol–water partition coefficient (Wildman–Crippen LogP) is 6.18. The summed E-state index contributed by atoms with van der Waals surface area (Å²) in [6.45, 7) is 4.02. The summed E-state index contributed by atoms with van der Waals surface area (Å²) in [4.78, 5) is 27.9. The number of fused-ring (bicyclic) bond motifs is 1. The lowest BCUT2D eigenvalue weighted by Crippen LogP contribution is -2.39. The Bertz CT molecular complexity index is 1120. The van der Waals surface area contributed by atoms with E-state index in [4.69, 9.17) is 28.3 Å². The second-order valence-electron chi connectivity index (χ2n) is 9.66. The number of piperidine rings is 1. The molecule has 2 heterocycles. The third-order valence-electron chi connectivity index (χ3n) is 7.07. The number of hydrogen-bond donors (Lipinski definition) is 1. The van der Waals surface area contributed by atoms with E-state index in [1.807, 2.05) is 24.1 Å². The number of halogens is 4. The smallest absolute Gasteiger partial charge is 0.303 e. The van der Waals surface area contributed by atoms with Crippen molar-refractivity contribution in [2.45, 2.75) is 51.6 Å². The second-order valence-corrected chi connectivity index (χ2v) is 10.4. The van der Waals surface area contributed by atoms with E-state index in [2.05, 4.69) is 0 Å². The second kappa shape index (κ2) is 9.94. The van der Waals surface area contributed by atoms with Crippen LogP contribution >= 0.6 is 23.2 Å². The molecule has 9 heteroatoms. The lowest BCUT2D eigenvalue weighted by molar-refractivity contribution is -0.138. The van der Waals surface area contributed by atoms with Gasteiger partial charge in [0.05, 0.1) is 16.6 Å². The van der Waals surface area contributed by atoms with Gasteiger partial charge in [0.15, 0.2) is 0 Å². The number of hydrogen-bond acceptors (Lipinski definition) is 3. The van der Waals surface area contributed by atoms with Crippen molar-refractivity contribution < 1.29 is 23.5 Å². The normalized spacial score (nSPS) is 22.7. The Labute approximate surface area is 213 Å². The van der Waals surface area contributed by atoms with Crippen LogP contribution in [0, 0.1) is 11.8 Å². The molecule has 35 heavy (non-hydrogen) atoms. The minimum Gasteiger partial charge on any atom is -0.481 e. The topological polar surface area (TPSA) is 60.9 Å². The van der Waals surface area contributed by atoms with Crippen LogP contribution in [-0.4, -0.2) is 51.8 Å². The van der Waals surface area contributed by atoms with E-state index in [0.717, 1.165) is 12.5 Å².